The van der Waals surface area contributed by atoms with Crippen molar-refractivity contribution in [3.63, 3.8) is 0 Å². The summed E-state index contributed by atoms with van der Waals surface area (Å²) < 4.78 is 2.47. The zero-order chi connectivity index (χ0) is 10.7. The Kier molecular flexibility index (Phi) is 3.20. The van der Waals surface area contributed by atoms with Crippen LogP contribution in [0.1, 0.15) is 5.56 Å². The van der Waals surface area contributed by atoms with Crippen LogP contribution in [0.3, 0.4) is 0 Å². The Morgan fingerprint density at radius 1 is 1.07 bits per heavy atom. The molecule has 2 nitrogen and oxygen atoms in total. The average molecular weight is 311 g/mol. The molecule has 2 rings (SSSR count). The van der Waals surface area contributed by atoms with E-state index in [1.54, 1.807) is 4.57 Å². The highest BCUT2D eigenvalue weighted by atomic mass is 127. The lowest BCUT2D eigenvalue weighted by atomic mass is 10.2. The first-order valence-electron chi connectivity index (χ1n) is 4.66. The molecule has 3 heteroatoms. The van der Waals surface area contributed by atoms with Crippen LogP contribution in [-0.2, 0) is 6.54 Å². The van der Waals surface area contributed by atoms with E-state index < -0.39 is 0 Å². The summed E-state index contributed by atoms with van der Waals surface area (Å²) in [6.45, 7) is 0.635. The molecule has 0 aliphatic rings. The summed E-state index contributed by atoms with van der Waals surface area (Å²) >= 11 is 2.06. The quantitative estimate of drug-likeness (QED) is 0.781. The van der Waals surface area contributed by atoms with Gasteiger partial charge in [0, 0.05) is 6.20 Å². The number of aromatic nitrogens is 1. The minimum atomic E-state index is 0.0713. The van der Waals surface area contributed by atoms with E-state index in [4.69, 9.17) is 0 Å². The second-order valence-electron chi connectivity index (χ2n) is 3.27. The summed E-state index contributed by atoms with van der Waals surface area (Å²) in [6.07, 6.45) is 1.82. The lowest BCUT2D eigenvalue weighted by molar-refractivity contribution is 0.754. The average Bonchev–Trinajstić information content (AvgIpc) is 2.26. The smallest absolute Gasteiger partial charge is 0.264 e. The number of pyridine rings is 1. The Balaban J connectivity index is 2.33. The summed E-state index contributed by atoms with van der Waals surface area (Å²) in [7, 11) is 0. The van der Waals surface area contributed by atoms with Crippen LogP contribution < -0.4 is 5.56 Å². The zero-order valence-electron chi connectivity index (χ0n) is 8.06. The summed E-state index contributed by atoms with van der Waals surface area (Å²) in [6, 6.07) is 13.7. The number of nitrogens with zero attached hydrogens (tertiary/aromatic N) is 1. The molecule has 15 heavy (non-hydrogen) atoms. The molecule has 0 saturated carbocycles. The molecule has 0 fully saturated rings. The molecule has 0 atom stereocenters. The van der Waals surface area contributed by atoms with E-state index >= 15 is 0 Å². The van der Waals surface area contributed by atoms with Gasteiger partial charge in [-0.2, -0.15) is 0 Å². The SMILES string of the molecule is O=c1c(I)cccn1Cc1ccccc1. The molecule has 76 valence electrons. The summed E-state index contributed by atoms with van der Waals surface area (Å²) in [5, 5.41) is 0. The maximum absolute atomic E-state index is 11.7. The number of halogens is 1. The van der Waals surface area contributed by atoms with Gasteiger partial charge in [0.1, 0.15) is 0 Å². The molecule has 0 saturated heterocycles. The van der Waals surface area contributed by atoms with E-state index in [1.807, 2.05) is 48.7 Å². The molecule has 1 aromatic heterocycles. The van der Waals surface area contributed by atoms with Gasteiger partial charge < -0.3 is 4.57 Å². The van der Waals surface area contributed by atoms with E-state index in [-0.39, 0.29) is 5.56 Å². The Hall–Kier alpha value is -1.10. The standard InChI is InChI=1S/C12H10INO/c13-11-7-4-8-14(12(11)15)9-10-5-2-1-3-6-10/h1-8H,9H2. The Morgan fingerprint density at radius 3 is 2.53 bits per heavy atom. The van der Waals surface area contributed by atoms with Crippen LogP contribution in [-0.4, -0.2) is 4.57 Å². The van der Waals surface area contributed by atoms with Gasteiger partial charge in [-0.25, -0.2) is 0 Å². The van der Waals surface area contributed by atoms with Gasteiger partial charge in [0.25, 0.3) is 5.56 Å². The van der Waals surface area contributed by atoms with Gasteiger partial charge in [0.05, 0.1) is 10.1 Å². The van der Waals surface area contributed by atoms with E-state index in [0.717, 1.165) is 9.13 Å². The monoisotopic (exact) mass is 311 g/mol. The predicted octanol–water partition coefficient (Wildman–Crippen LogP) is 2.50. The van der Waals surface area contributed by atoms with Gasteiger partial charge in [-0.15, -0.1) is 0 Å². The Morgan fingerprint density at radius 2 is 1.80 bits per heavy atom. The predicted molar refractivity (Wildman–Crippen MR) is 69.0 cm³/mol. The Labute approximate surface area is 102 Å². The highest BCUT2D eigenvalue weighted by Gasteiger charge is 1.99. The third-order valence-electron chi connectivity index (χ3n) is 2.17. The van der Waals surface area contributed by atoms with Crippen molar-refractivity contribution in [2.24, 2.45) is 0 Å². The van der Waals surface area contributed by atoms with Crippen molar-refractivity contribution in [2.75, 3.05) is 0 Å². The molecule has 1 heterocycles. The van der Waals surface area contributed by atoms with E-state index in [1.165, 1.54) is 0 Å². The van der Waals surface area contributed by atoms with Gasteiger partial charge in [-0.1, -0.05) is 30.3 Å². The fourth-order valence-electron chi connectivity index (χ4n) is 1.41. The third kappa shape index (κ3) is 2.47. The number of hydrogen-bond donors (Lipinski definition) is 0. The first-order chi connectivity index (χ1) is 7.27. The third-order valence-corrected chi connectivity index (χ3v) is 2.99. The number of rotatable bonds is 2. The molecule has 0 amide bonds. The molecule has 0 bridgehead atoms. The molecule has 0 aliphatic heterocycles. The van der Waals surface area contributed by atoms with Gasteiger partial charge >= 0.3 is 0 Å². The maximum atomic E-state index is 11.7. The highest BCUT2D eigenvalue weighted by molar-refractivity contribution is 14.1. The van der Waals surface area contributed by atoms with Crippen molar-refractivity contribution in [3.05, 3.63) is 68.1 Å². The number of benzene rings is 1. The van der Waals surface area contributed by atoms with Crippen molar-refractivity contribution in [1.29, 1.82) is 0 Å². The van der Waals surface area contributed by atoms with Crippen LogP contribution in [0, 0.1) is 3.57 Å². The molecule has 0 N–H and O–H groups in total. The molecule has 2 aromatic rings. The largest absolute Gasteiger partial charge is 0.310 e. The first-order valence-corrected chi connectivity index (χ1v) is 5.74. The minimum absolute atomic E-state index is 0.0713. The van der Waals surface area contributed by atoms with E-state index in [9.17, 15) is 4.79 Å². The van der Waals surface area contributed by atoms with Gasteiger partial charge in [0.15, 0.2) is 0 Å². The molecule has 0 aliphatic carbocycles. The van der Waals surface area contributed by atoms with Crippen LogP contribution in [0.2, 0.25) is 0 Å². The van der Waals surface area contributed by atoms with E-state index in [0.29, 0.717) is 6.54 Å². The number of hydrogen-bond acceptors (Lipinski definition) is 1. The van der Waals surface area contributed by atoms with Gasteiger partial charge in [-0.3, -0.25) is 4.79 Å². The molecular formula is C12H10INO. The molecule has 0 spiro atoms. The van der Waals surface area contributed by atoms with Crippen molar-refractivity contribution >= 4 is 22.6 Å². The fraction of sp³-hybridized carbons (Fsp3) is 0.0833. The summed E-state index contributed by atoms with van der Waals surface area (Å²) in [5.74, 6) is 0. The van der Waals surface area contributed by atoms with Crippen LogP contribution in [0.15, 0.2) is 53.5 Å². The topological polar surface area (TPSA) is 22.0 Å². The zero-order valence-corrected chi connectivity index (χ0v) is 10.2. The normalized spacial score (nSPS) is 10.2. The van der Waals surface area contributed by atoms with Crippen molar-refractivity contribution in [2.45, 2.75) is 6.54 Å². The highest BCUT2D eigenvalue weighted by Crippen LogP contribution is 2.02. The minimum Gasteiger partial charge on any atom is -0.310 e. The molecule has 1 aromatic carbocycles. The lowest BCUT2D eigenvalue weighted by Gasteiger charge is -2.05. The van der Waals surface area contributed by atoms with Gasteiger partial charge in [0.2, 0.25) is 0 Å². The van der Waals surface area contributed by atoms with Crippen molar-refractivity contribution < 1.29 is 0 Å². The molecular weight excluding hydrogens is 301 g/mol. The second kappa shape index (κ2) is 4.61. The molecule has 0 unspecified atom stereocenters. The van der Waals surface area contributed by atoms with Crippen LogP contribution >= 0.6 is 22.6 Å². The lowest BCUT2D eigenvalue weighted by Crippen LogP contribution is -2.21. The van der Waals surface area contributed by atoms with Crippen LogP contribution in [0.4, 0.5) is 0 Å². The first kappa shape index (κ1) is 10.4. The van der Waals surface area contributed by atoms with Gasteiger partial charge in [-0.05, 0) is 40.3 Å². The fourth-order valence-corrected chi connectivity index (χ4v) is 1.93. The van der Waals surface area contributed by atoms with Crippen molar-refractivity contribution in [3.8, 4) is 0 Å². The molecule has 0 radical (unpaired) electrons. The van der Waals surface area contributed by atoms with Crippen molar-refractivity contribution in [1.82, 2.24) is 4.57 Å². The van der Waals surface area contributed by atoms with Crippen LogP contribution in [0.5, 0.6) is 0 Å². The summed E-state index contributed by atoms with van der Waals surface area (Å²) in [4.78, 5) is 11.7. The van der Waals surface area contributed by atoms with Crippen LogP contribution in [0.25, 0.3) is 0 Å². The second-order valence-corrected chi connectivity index (χ2v) is 4.44. The Bertz CT molecular complexity index is 505. The summed E-state index contributed by atoms with van der Waals surface area (Å²) in [5.41, 5.74) is 1.21. The maximum Gasteiger partial charge on any atom is 0.264 e. The van der Waals surface area contributed by atoms with E-state index in [2.05, 4.69) is 22.6 Å².